The number of nitrogens with zero attached hydrogens (tertiary/aromatic N) is 10. The maximum absolute atomic E-state index is 9.97. The number of hydrogen-bond acceptors (Lipinski definition) is 13. The van der Waals surface area contributed by atoms with E-state index in [1.165, 1.54) is 179 Å². The van der Waals surface area contributed by atoms with Gasteiger partial charge in [-0.3, -0.25) is 24.5 Å². The summed E-state index contributed by atoms with van der Waals surface area (Å²) in [6, 6.07) is 36.0. The summed E-state index contributed by atoms with van der Waals surface area (Å²) in [6.07, 6.45) is 37.2. The van der Waals surface area contributed by atoms with Crippen molar-refractivity contribution in [2.24, 2.45) is 71.0 Å². The fourth-order valence-corrected chi connectivity index (χ4v) is 24.0. The molecule has 5 heterocycles. The summed E-state index contributed by atoms with van der Waals surface area (Å²) in [4.78, 5) is 25.6. The zero-order valence-corrected chi connectivity index (χ0v) is 71.7. The third-order valence-electron chi connectivity index (χ3n) is 29.7. The lowest BCUT2D eigenvalue weighted by Gasteiger charge is -2.50. The summed E-state index contributed by atoms with van der Waals surface area (Å²) < 4.78 is 11.1. The Morgan fingerprint density at radius 2 is 0.929 bits per heavy atom. The number of anilines is 5. The van der Waals surface area contributed by atoms with Gasteiger partial charge in [-0.1, -0.05) is 133 Å². The van der Waals surface area contributed by atoms with Gasteiger partial charge in [0, 0.05) is 178 Å². The van der Waals surface area contributed by atoms with E-state index >= 15 is 0 Å². The van der Waals surface area contributed by atoms with E-state index in [9.17, 15) is 5.11 Å². The molecular weight excluding hydrogens is 1490 g/mol. The highest BCUT2D eigenvalue weighted by molar-refractivity contribution is 6.42. The van der Waals surface area contributed by atoms with Crippen LogP contribution in [-0.2, 0) is 0 Å². The van der Waals surface area contributed by atoms with Gasteiger partial charge in [0.2, 0.25) is 0 Å². The second kappa shape index (κ2) is 39.2. The van der Waals surface area contributed by atoms with E-state index in [1.54, 1.807) is 20.3 Å². The quantitative estimate of drug-likeness (QED) is 0.0955. The fraction of sp³-hybridized carbons (Fsp3) is 0.638. The van der Waals surface area contributed by atoms with Crippen LogP contribution in [0.3, 0.4) is 0 Å². The minimum atomic E-state index is 0.416. The number of hydrogen-bond donors (Lipinski definition) is 1. The molecule has 7 saturated carbocycles. The maximum Gasteiger partial charge on any atom is 0.142 e. The average molecular weight is 1630 g/mol. The van der Waals surface area contributed by atoms with Crippen molar-refractivity contribution in [3.8, 4) is 17.2 Å². The predicted molar refractivity (Wildman–Crippen MR) is 471 cm³/mol. The van der Waals surface area contributed by atoms with Crippen LogP contribution in [0.5, 0.6) is 17.2 Å². The smallest absolute Gasteiger partial charge is 0.142 e. The monoisotopic (exact) mass is 1620 g/mol. The molecule has 13 nitrogen and oxygen atoms in total. The van der Waals surface area contributed by atoms with Crippen LogP contribution in [0.25, 0.3) is 0 Å². The average Bonchev–Trinajstić information content (AvgIpc) is 1.52. The Balaban J connectivity index is 0.000000111. The van der Waals surface area contributed by atoms with Crippen molar-refractivity contribution >= 4 is 86.4 Å². The lowest BCUT2D eigenvalue weighted by atomic mass is 9.68. The second-order valence-corrected chi connectivity index (χ2v) is 38.1. The number of fused-ring (bicyclic) bond motifs is 7. The van der Waals surface area contributed by atoms with Crippen molar-refractivity contribution < 1.29 is 14.6 Å². The fourth-order valence-electron chi connectivity index (χ4n) is 23.1. The van der Waals surface area contributed by atoms with Crippen molar-refractivity contribution in [2.45, 2.75) is 154 Å². The maximum atomic E-state index is 9.97. The molecule has 5 aromatic rings. The molecule has 9 aliphatic carbocycles. The summed E-state index contributed by atoms with van der Waals surface area (Å²) in [5.41, 5.74) is 5.66. The van der Waals surface area contributed by atoms with Gasteiger partial charge in [0.05, 0.1) is 52.0 Å². The number of benzene rings is 5. The Labute approximate surface area is 698 Å². The number of halogens is 5. The molecule has 5 saturated heterocycles. The zero-order valence-electron chi connectivity index (χ0n) is 67.9. The minimum Gasteiger partial charge on any atom is -0.506 e. The van der Waals surface area contributed by atoms with E-state index in [-0.39, 0.29) is 0 Å². The molecule has 10 unspecified atom stereocenters. The van der Waals surface area contributed by atoms with Crippen molar-refractivity contribution in [1.82, 2.24) is 24.5 Å². The van der Waals surface area contributed by atoms with Gasteiger partial charge >= 0.3 is 0 Å². The molecule has 0 spiro atoms. The molecule has 0 aromatic heterocycles. The molecule has 1 N–H and O–H groups in total. The zero-order chi connectivity index (χ0) is 77.2. The van der Waals surface area contributed by atoms with Gasteiger partial charge in [0.25, 0.3) is 0 Å². The number of para-hydroxylation sites is 3. The highest BCUT2D eigenvalue weighted by Gasteiger charge is 2.45. The summed E-state index contributed by atoms with van der Waals surface area (Å²) in [5.74, 6) is 13.5. The molecule has 0 radical (unpaired) electrons. The molecule has 610 valence electrons. The number of rotatable bonds is 16. The van der Waals surface area contributed by atoms with Gasteiger partial charge in [-0.05, 0) is 260 Å². The summed E-state index contributed by atoms with van der Waals surface area (Å²) in [5, 5.41) is 13.7. The van der Waals surface area contributed by atoms with Crippen LogP contribution in [0.2, 0.25) is 25.1 Å². The Hall–Kier alpha value is -4.77. The number of aromatic hydroxyl groups is 1. The van der Waals surface area contributed by atoms with Gasteiger partial charge < -0.3 is 39.1 Å². The summed E-state index contributed by atoms with van der Waals surface area (Å²) in [6.45, 7) is 29.6. The molecule has 18 heteroatoms. The van der Waals surface area contributed by atoms with Crippen LogP contribution >= 0.6 is 58.0 Å². The van der Waals surface area contributed by atoms with Crippen LogP contribution < -0.4 is 34.0 Å². The Kier molecular flexibility index (Phi) is 28.8. The number of methoxy groups -OCH3 is 2. The molecule has 112 heavy (non-hydrogen) atoms. The molecule has 12 fully saturated rings. The van der Waals surface area contributed by atoms with Crippen LogP contribution in [-0.4, -0.2) is 206 Å². The van der Waals surface area contributed by atoms with Crippen molar-refractivity contribution in [3.05, 3.63) is 153 Å². The molecule has 5 aromatic carbocycles. The molecule has 19 rings (SSSR count). The minimum absolute atomic E-state index is 0.416. The first kappa shape index (κ1) is 82.3. The van der Waals surface area contributed by atoms with Crippen molar-refractivity contribution in [1.29, 1.82) is 0 Å². The molecular formula is C94H131Cl5N10O3. The highest BCUT2D eigenvalue weighted by Crippen LogP contribution is 2.52. The Morgan fingerprint density at radius 3 is 1.46 bits per heavy atom. The second-order valence-electron chi connectivity index (χ2n) is 36.0. The molecule has 0 amide bonds. The first-order chi connectivity index (χ1) is 54.7. The number of ether oxygens (including phenoxy) is 2. The highest BCUT2D eigenvalue weighted by atomic mass is 35.5. The van der Waals surface area contributed by atoms with E-state index in [1.807, 2.05) is 78.9 Å². The van der Waals surface area contributed by atoms with Gasteiger partial charge in [-0.15, -0.1) is 0 Å². The van der Waals surface area contributed by atoms with E-state index < -0.39 is 0 Å². The lowest BCUT2D eigenvalue weighted by molar-refractivity contribution is 0.0181. The molecule has 10 atom stereocenters. The van der Waals surface area contributed by atoms with Crippen molar-refractivity contribution in [2.75, 3.05) is 183 Å². The topological polar surface area (TPSA) is 71.1 Å². The third-order valence-corrected chi connectivity index (χ3v) is 31.2. The Bertz CT molecular complexity index is 3840. The Morgan fingerprint density at radius 1 is 0.411 bits per heavy atom. The summed E-state index contributed by atoms with van der Waals surface area (Å²) in [7, 11) is 3.47. The number of piperazine rings is 5. The van der Waals surface area contributed by atoms with Crippen LogP contribution in [0.4, 0.5) is 28.4 Å². The van der Waals surface area contributed by atoms with Crippen LogP contribution in [0, 0.1) is 71.0 Å². The summed E-state index contributed by atoms with van der Waals surface area (Å²) >= 11 is 30.9. The van der Waals surface area contributed by atoms with Gasteiger partial charge in [0.15, 0.2) is 0 Å². The number of phenolic OH excluding ortho intramolecular Hbond substituents is 1. The van der Waals surface area contributed by atoms with E-state index in [0.29, 0.717) is 21.8 Å². The lowest BCUT2D eigenvalue weighted by Crippen LogP contribution is -2.56. The van der Waals surface area contributed by atoms with E-state index in [2.05, 4.69) is 105 Å². The van der Waals surface area contributed by atoms with Gasteiger partial charge in [-0.25, -0.2) is 0 Å². The van der Waals surface area contributed by atoms with E-state index in [0.717, 1.165) is 225 Å². The number of phenols is 1. The van der Waals surface area contributed by atoms with Crippen LogP contribution in [0.1, 0.15) is 136 Å². The first-order valence-electron chi connectivity index (χ1n) is 44.1. The normalized spacial score (nSPS) is 31.1. The van der Waals surface area contributed by atoms with Gasteiger partial charge in [-0.2, -0.15) is 0 Å². The molecule has 5 aliphatic heterocycles. The third kappa shape index (κ3) is 20.3. The largest absolute Gasteiger partial charge is 0.506 e. The molecule has 6 bridgehead atoms. The van der Waals surface area contributed by atoms with Crippen LogP contribution in [0.15, 0.2) is 127 Å². The van der Waals surface area contributed by atoms with Crippen molar-refractivity contribution in [3.63, 3.8) is 0 Å². The SMILES string of the molecule is CCC1CCC(N2CCN(c3ccccc3Cl)CC2)CC1.COc1ccc(Cl)cc1N1CCN(C2C3CCCC2CCC3)CC1.COc1ccc(Cl)cc1N1CCN(CC2CC3C=CC2C3)C(C)C1.Clc1ccc(N2CCN(CC3CC4C=CC3C4)CC2)cc1Cl.Oc1ccccc1N1CCN(CC2CCC3CCC32)CC1. The van der Waals surface area contributed by atoms with E-state index in [4.69, 9.17) is 67.5 Å². The first-order valence-corrected chi connectivity index (χ1v) is 46.0. The van der Waals surface area contributed by atoms with Gasteiger partial charge in [0.1, 0.15) is 17.2 Å². The predicted octanol–water partition coefficient (Wildman–Crippen LogP) is 20.2. The molecule has 14 aliphatic rings. The number of allylic oxidation sites excluding steroid dienone is 4. The standard InChI is InChI=1S/C20H27ClN2O.C20H29ClN2O.C18H22Cl2N2.C18H27ClN2.C18H26N2O/c1-14-12-23(19-11-18(21)5-6-20(19)24-2)8-7-22(14)13-17-10-15-3-4-16(17)9-15;1-24-19-9-8-17(21)14-18(19)22-10-12-23(13-11-22)20-15-4-2-5-16(20)7-3-6-15;19-17-4-3-16(11-18(17)20)22-7-5-21(6-8-22)12-15-10-13-1-2-14(15)9-13;1-2-15-7-9-16(10-8-15)20-11-13-21(14-12-20)18-6-4-3-5-17(18)19;21-18-4-2-1-3-17(18)20-11-9-19(10-12-20)13-15-6-5-14-7-8-16(14)15/h3-6,11,14-17H,7-10,12-13H2,1-2H3;8-9,14-16,20H,2-7,10-13H2,1H3;1-4,11,13-15H,5-10,12H2;3-6,15-16H,2,7-14H2,1H3;1-4,14-16,21H,5-13H2.